The Kier molecular flexibility index (Phi) is 5.68. The maximum absolute atomic E-state index is 11.2. The normalized spacial score (nSPS) is 14.4. The Labute approximate surface area is 108 Å². The molecule has 19 heavy (non-hydrogen) atoms. The Bertz CT molecular complexity index is 388. The summed E-state index contributed by atoms with van der Waals surface area (Å²) in [6, 6.07) is 0. The molecule has 0 aromatic rings. The van der Waals surface area contributed by atoms with Gasteiger partial charge in [-0.1, -0.05) is 6.58 Å². The molecule has 0 radical (unpaired) electrons. The Balaban J connectivity index is 2.14. The van der Waals surface area contributed by atoms with Gasteiger partial charge in [-0.3, -0.25) is 9.59 Å². The number of ether oxygens (including phenoxy) is 2. The van der Waals surface area contributed by atoms with Crippen molar-refractivity contribution in [1.29, 1.82) is 0 Å². The highest BCUT2D eigenvalue weighted by molar-refractivity contribution is 6.01. The van der Waals surface area contributed by atoms with Crippen molar-refractivity contribution in [2.45, 2.75) is 12.8 Å². The highest BCUT2D eigenvalue weighted by atomic mass is 16.7. The van der Waals surface area contributed by atoms with Crippen molar-refractivity contribution in [3.63, 3.8) is 0 Å². The smallest absolute Gasteiger partial charge is 0.358 e. The molecule has 0 atom stereocenters. The van der Waals surface area contributed by atoms with Gasteiger partial charge in [0, 0.05) is 18.9 Å². The van der Waals surface area contributed by atoms with E-state index >= 15 is 0 Å². The van der Waals surface area contributed by atoms with Crippen LogP contribution in [0.15, 0.2) is 12.7 Å². The van der Waals surface area contributed by atoms with E-state index in [4.69, 9.17) is 4.74 Å². The first-order valence-electron chi connectivity index (χ1n) is 5.48. The summed E-state index contributed by atoms with van der Waals surface area (Å²) in [7, 11) is 0. The van der Waals surface area contributed by atoms with Crippen LogP contribution >= 0.6 is 0 Å². The third kappa shape index (κ3) is 4.88. The van der Waals surface area contributed by atoms with E-state index in [2.05, 4.69) is 16.2 Å². The van der Waals surface area contributed by atoms with Crippen molar-refractivity contribution in [2.24, 2.45) is 0 Å². The van der Waals surface area contributed by atoms with E-state index < -0.39 is 30.4 Å². The summed E-state index contributed by atoms with van der Waals surface area (Å²) in [5, 5.41) is 0.434. The topological polar surface area (TPSA) is 99.2 Å². The second-order valence-corrected chi connectivity index (χ2v) is 3.47. The second kappa shape index (κ2) is 7.27. The summed E-state index contributed by atoms with van der Waals surface area (Å²) in [6.07, 6.45) is 1.06. The van der Waals surface area contributed by atoms with E-state index in [0.29, 0.717) is 5.06 Å². The molecular weight excluding hydrogens is 258 g/mol. The Morgan fingerprint density at radius 1 is 1.21 bits per heavy atom. The van der Waals surface area contributed by atoms with Crippen LogP contribution in [0.4, 0.5) is 0 Å². The number of carbonyl (C=O) groups excluding carboxylic acids is 4. The molecule has 0 aliphatic carbocycles. The van der Waals surface area contributed by atoms with E-state index in [1.807, 2.05) is 0 Å². The van der Waals surface area contributed by atoms with Crippen LogP contribution in [0, 0.1) is 0 Å². The Hall–Kier alpha value is -2.22. The van der Waals surface area contributed by atoms with Crippen molar-refractivity contribution in [3.05, 3.63) is 12.7 Å². The Morgan fingerprint density at radius 2 is 1.84 bits per heavy atom. The van der Waals surface area contributed by atoms with Gasteiger partial charge < -0.3 is 14.3 Å². The lowest BCUT2D eigenvalue weighted by Crippen LogP contribution is -2.33. The van der Waals surface area contributed by atoms with Gasteiger partial charge in [-0.25, -0.2) is 9.59 Å². The largest absolute Gasteiger partial charge is 0.460 e. The first kappa shape index (κ1) is 14.8. The summed E-state index contributed by atoms with van der Waals surface area (Å²) in [6.45, 7) is 2.69. The van der Waals surface area contributed by atoms with Gasteiger partial charge in [-0.2, -0.15) is 0 Å². The molecule has 8 nitrogen and oxygen atoms in total. The van der Waals surface area contributed by atoms with Crippen molar-refractivity contribution >= 4 is 23.8 Å². The molecule has 8 heteroatoms. The highest BCUT2D eigenvalue weighted by Gasteiger charge is 2.32. The maximum Gasteiger partial charge on any atom is 0.358 e. The number of amides is 2. The molecule has 0 aromatic heterocycles. The second-order valence-electron chi connectivity index (χ2n) is 3.47. The number of esters is 1. The predicted molar refractivity (Wildman–Crippen MR) is 59.2 cm³/mol. The number of hydrogen-bond donors (Lipinski definition) is 0. The molecule has 0 bridgehead atoms. The number of hydroxylamine groups is 2. The van der Waals surface area contributed by atoms with Crippen LogP contribution in [-0.2, 0) is 33.5 Å². The zero-order valence-corrected chi connectivity index (χ0v) is 10.1. The van der Waals surface area contributed by atoms with Gasteiger partial charge in [0.1, 0.15) is 13.2 Å². The Morgan fingerprint density at radius 3 is 2.42 bits per heavy atom. The summed E-state index contributed by atoms with van der Waals surface area (Å²) in [5.74, 6) is -2.59. The molecule has 1 aliphatic rings. The molecular formula is C11H13NO7. The average Bonchev–Trinajstić information content (AvgIpc) is 2.69. The summed E-state index contributed by atoms with van der Waals surface area (Å²) in [5.41, 5.74) is 0. The minimum absolute atomic E-state index is 0.0173. The van der Waals surface area contributed by atoms with E-state index in [-0.39, 0.29) is 26.1 Å². The van der Waals surface area contributed by atoms with E-state index in [9.17, 15) is 19.2 Å². The molecule has 0 aromatic carbocycles. The monoisotopic (exact) mass is 271 g/mol. The lowest BCUT2D eigenvalue weighted by molar-refractivity contribution is -0.200. The minimum atomic E-state index is -0.876. The van der Waals surface area contributed by atoms with Crippen LogP contribution in [0.2, 0.25) is 0 Å². The quantitative estimate of drug-likeness (QED) is 0.262. The van der Waals surface area contributed by atoms with Crippen LogP contribution in [0.3, 0.4) is 0 Å². The van der Waals surface area contributed by atoms with Crippen LogP contribution in [0.1, 0.15) is 12.8 Å². The van der Waals surface area contributed by atoms with Crippen molar-refractivity contribution in [3.8, 4) is 0 Å². The van der Waals surface area contributed by atoms with Crippen LogP contribution in [0.25, 0.3) is 0 Å². The third-order valence-electron chi connectivity index (χ3n) is 2.06. The van der Waals surface area contributed by atoms with Crippen molar-refractivity contribution in [2.75, 3.05) is 19.8 Å². The fourth-order valence-corrected chi connectivity index (χ4v) is 1.20. The number of hydrogen-bond acceptors (Lipinski definition) is 7. The van der Waals surface area contributed by atoms with Crippen LogP contribution in [-0.4, -0.2) is 48.6 Å². The maximum atomic E-state index is 11.2. The molecule has 0 saturated carbocycles. The SMILES string of the molecule is C=CC(=O)OCCOCC(=O)ON1C(=O)CCC1=O. The molecule has 0 unspecified atom stereocenters. The van der Waals surface area contributed by atoms with E-state index in [1.165, 1.54) is 0 Å². The molecule has 1 saturated heterocycles. The molecule has 2 amide bonds. The summed E-state index contributed by atoms with van der Waals surface area (Å²) in [4.78, 5) is 48.6. The number of rotatable bonds is 7. The standard InChI is InChI=1S/C11H13NO7/c1-2-10(15)18-6-5-17-7-11(16)19-12-8(13)3-4-9(12)14/h2H,1,3-7H2. The van der Waals surface area contributed by atoms with Gasteiger partial charge in [0.15, 0.2) is 0 Å². The molecule has 1 rings (SSSR count). The van der Waals surface area contributed by atoms with E-state index in [0.717, 1.165) is 6.08 Å². The number of carbonyl (C=O) groups is 4. The third-order valence-corrected chi connectivity index (χ3v) is 2.06. The minimum Gasteiger partial charge on any atom is -0.460 e. The molecule has 0 spiro atoms. The predicted octanol–water partition coefficient (Wildman–Crippen LogP) is -0.661. The van der Waals surface area contributed by atoms with Gasteiger partial charge in [-0.05, 0) is 0 Å². The first-order chi connectivity index (χ1) is 9.04. The van der Waals surface area contributed by atoms with Gasteiger partial charge in [0.25, 0.3) is 11.8 Å². The summed E-state index contributed by atoms with van der Waals surface area (Å²) < 4.78 is 9.42. The molecule has 0 N–H and O–H groups in total. The van der Waals surface area contributed by atoms with Crippen LogP contribution < -0.4 is 0 Å². The lowest BCUT2D eigenvalue weighted by Gasteiger charge is -2.12. The van der Waals surface area contributed by atoms with Gasteiger partial charge in [0.05, 0.1) is 6.61 Å². The van der Waals surface area contributed by atoms with Gasteiger partial charge >= 0.3 is 11.9 Å². The molecule has 1 fully saturated rings. The van der Waals surface area contributed by atoms with Gasteiger partial charge in [0.2, 0.25) is 0 Å². The van der Waals surface area contributed by atoms with Gasteiger partial charge in [-0.15, -0.1) is 5.06 Å². The lowest BCUT2D eigenvalue weighted by atomic mass is 10.4. The molecule has 1 aliphatic heterocycles. The molecule has 1 heterocycles. The van der Waals surface area contributed by atoms with Crippen molar-refractivity contribution in [1.82, 2.24) is 5.06 Å². The van der Waals surface area contributed by atoms with E-state index in [1.54, 1.807) is 0 Å². The average molecular weight is 271 g/mol. The van der Waals surface area contributed by atoms with Crippen LogP contribution in [0.5, 0.6) is 0 Å². The number of imide groups is 1. The first-order valence-corrected chi connectivity index (χ1v) is 5.48. The zero-order valence-electron chi connectivity index (χ0n) is 10.1. The fourth-order valence-electron chi connectivity index (χ4n) is 1.20. The number of nitrogens with zero attached hydrogens (tertiary/aromatic N) is 1. The fraction of sp³-hybridized carbons (Fsp3) is 0.455. The van der Waals surface area contributed by atoms with Crippen molar-refractivity contribution < 1.29 is 33.5 Å². The molecule has 104 valence electrons. The zero-order chi connectivity index (χ0) is 14.3. The highest BCUT2D eigenvalue weighted by Crippen LogP contribution is 2.11. The summed E-state index contributed by atoms with van der Waals surface area (Å²) >= 11 is 0.